The van der Waals surface area contributed by atoms with Crippen LogP contribution in [0, 0.1) is 18.8 Å². The molecule has 20 heavy (non-hydrogen) atoms. The van der Waals surface area contributed by atoms with E-state index in [1.165, 1.54) is 25.7 Å². The van der Waals surface area contributed by atoms with Crippen molar-refractivity contribution in [2.24, 2.45) is 11.8 Å². The lowest BCUT2D eigenvalue weighted by Crippen LogP contribution is -2.45. The first-order valence-corrected chi connectivity index (χ1v) is 7.66. The fourth-order valence-electron chi connectivity index (χ4n) is 3.72. The average molecular weight is 273 g/mol. The van der Waals surface area contributed by atoms with Gasteiger partial charge in [0.05, 0.1) is 23.1 Å². The molecule has 2 heterocycles. The maximum atomic E-state index is 12.7. The highest BCUT2D eigenvalue weighted by Crippen LogP contribution is 2.36. The Morgan fingerprint density at radius 3 is 2.85 bits per heavy atom. The second-order valence-electron chi connectivity index (χ2n) is 6.25. The largest absolute Gasteiger partial charge is 0.397 e. The first-order chi connectivity index (χ1) is 9.65. The number of nitrogens with two attached hydrogens (primary N) is 1. The van der Waals surface area contributed by atoms with Gasteiger partial charge in [-0.15, -0.1) is 0 Å². The third-order valence-corrected chi connectivity index (χ3v) is 4.92. The number of amides is 1. The van der Waals surface area contributed by atoms with Gasteiger partial charge in [0, 0.05) is 13.1 Å². The van der Waals surface area contributed by atoms with Gasteiger partial charge in [0.2, 0.25) is 0 Å². The lowest BCUT2D eigenvalue weighted by atomic mass is 9.75. The zero-order valence-electron chi connectivity index (χ0n) is 12.1. The van der Waals surface area contributed by atoms with E-state index in [4.69, 9.17) is 5.73 Å². The molecule has 1 amide bonds. The highest BCUT2D eigenvalue weighted by atomic mass is 16.2. The molecule has 2 atom stereocenters. The Hall–Kier alpha value is -1.58. The molecule has 1 aliphatic carbocycles. The number of pyridine rings is 1. The third-order valence-electron chi connectivity index (χ3n) is 4.92. The van der Waals surface area contributed by atoms with E-state index >= 15 is 0 Å². The summed E-state index contributed by atoms with van der Waals surface area (Å²) in [6.07, 6.45) is 8.09. The van der Waals surface area contributed by atoms with Crippen molar-refractivity contribution in [2.45, 2.75) is 39.0 Å². The Kier molecular flexibility index (Phi) is 3.64. The molecule has 1 saturated carbocycles. The van der Waals surface area contributed by atoms with Crippen molar-refractivity contribution in [3.8, 4) is 0 Å². The Bertz CT molecular complexity index is 514. The Morgan fingerprint density at radius 1 is 1.30 bits per heavy atom. The van der Waals surface area contributed by atoms with Crippen LogP contribution in [0.2, 0.25) is 0 Å². The van der Waals surface area contributed by atoms with E-state index in [-0.39, 0.29) is 5.91 Å². The van der Waals surface area contributed by atoms with Crippen LogP contribution in [0.3, 0.4) is 0 Å². The smallest absolute Gasteiger partial charge is 0.255 e. The molecule has 0 aromatic carbocycles. The van der Waals surface area contributed by atoms with Crippen molar-refractivity contribution < 1.29 is 4.79 Å². The third kappa shape index (κ3) is 2.51. The van der Waals surface area contributed by atoms with Gasteiger partial charge >= 0.3 is 0 Å². The van der Waals surface area contributed by atoms with Gasteiger partial charge < -0.3 is 10.6 Å². The van der Waals surface area contributed by atoms with Gasteiger partial charge in [-0.25, -0.2) is 0 Å². The molecule has 0 radical (unpaired) electrons. The van der Waals surface area contributed by atoms with Gasteiger partial charge in [0.25, 0.3) is 5.91 Å². The zero-order valence-corrected chi connectivity index (χ0v) is 12.1. The van der Waals surface area contributed by atoms with Gasteiger partial charge in [0.1, 0.15) is 0 Å². The molecule has 2 fully saturated rings. The number of anilines is 1. The van der Waals surface area contributed by atoms with Crippen LogP contribution in [0.1, 0.15) is 48.2 Å². The molecule has 0 spiro atoms. The highest BCUT2D eigenvalue weighted by molar-refractivity contribution is 5.96. The maximum Gasteiger partial charge on any atom is 0.255 e. The number of nitrogen functional groups attached to an aromatic ring is 1. The standard InChI is InChI=1S/C16H23N3O/c1-11-15(8-14(17)9-18-11)16(20)19-7-6-12-4-2-3-5-13(12)10-19/h8-9,12-13H,2-7,10,17H2,1H3. The van der Waals surface area contributed by atoms with E-state index in [2.05, 4.69) is 4.98 Å². The number of aromatic nitrogens is 1. The van der Waals surface area contributed by atoms with E-state index in [1.807, 2.05) is 11.8 Å². The molecule has 2 unspecified atom stereocenters. The van der Waals surface area contributed by atoms with Gasteiger partial charge in [0.15, 0.2) is 0 Å². The molecule has 4 nitrogen and oxygen atoms in total. The number of fused-ring (bicyclic) bond motifs is 1. The number of likely N-dealkylation sites (tertiary alicyclic amines) is 1. The minimum absolute atomic E-state index is 0.103. The van der Waals surface area contributed by atoms with Gasteiger partial charge in [-0.2, -0.15) is 0 Å². The monoisotopic (exact) mass is 273 g/mol. The fourth-order valence-corrected chi connectivity index (χ4v) is 3.72. The van der Waals surface area contributed by atoms with Crippen LogP contribution in [-0.2, 0) is 0 Å². The summed E-state index contributed by atoms with van der Waals surface area (Å²) < 4.78 is 0. The van der Waals surface area contributed by atoms with Gasteiger partial charge in [-0.05, 0) is 37.7 Å². The summed E-state index contributed by atoms with van der Waals surface area (Å²) in [7, 11) is 0. The summed E-state index contributed by atoms with van der Waals surface area (Å²) in [6.45, 7) is 3.67. The average Bonchev–Trinajstić information content (AvgIpc) is 2.48. The molecule has 2 aliphatic rings. The maximum absolute atomic E-state index is 12.7. The Balaban J connectivity index is 1.76. The topological polar surface area (TPSA) is 59.2 Å². The number of carbonyl (C=O) groups excluding carboxylic acids is 1. The van der Waals surface area contributed by atoms with Crippen molar-refractivity contribution >= 4 is 11.6 Å². The molecular weight excluding hydrogens is 250 g/mol. The van der Waals surface area contributed by atoms with E-state index in [1.54, 1.807) is 12.3 Å². The van der Waals surface area contributed by atoms with Crippen molar-refractivity contribution in [1.29, 1.82) is 0 Å². The summed E-state index contributed by atoms with van der Waals surface area (Å²) in [5, 5.41) is 0. The van der Waals surface area contributed by atoms with E-state index < -0.39 is 0 Å². The molecule has 1 aliphatic heterocycles. The van der Waals surface area contributed by atoms with Crippen LogP contribution in [0.15, 0.2) is 12.3 Å². The van der Waals surface area contributed by atoms with Crippen molar-refractivity contribution in [3.63, 3.8) is 0 Å². The van der Waals surface area contributed by atoms with E-state index in [0.717, 1.165) is 31.1 Å². The lowest BCUT2D eigenvalue weighted by Gasteiger charge is -2.41. The summed E-state index contributed by atoms with van der Waals surface area (Å²) in [4.78, 5) is 18.9. The predicted molar refractivity (Wildman–Crippen MR) is 79.4 cm³/mol. The van der Waals surface area contributed by atoms with Crippen molar-refractivity contribution in [3.05, 3.63) is 23.5 Å². The molecule has 1 aromatic rings. The van der Waals surface area contributed by atoms with Gasteiger partial charge in [-0.3, -0.25) is 9.78 Å². The first-order valence-electron chi connectivity index (χ1n) is 7.66. The van der Waals surface area contributed by atoms with Gasteiger partial charge in [-0.1, -0.05) is 19.3 Å². The number of nitrogens with zero attached hydrogens (tertiary/aromatic N) is 2. The predicted octanol–water partition coefficient (Wildman–Crippen LogP) is 2.62. The fraction of sp³-hybridized carbons (Fsp3) is 0.625. The summed E-state index contributed by atoms with van der Waals surface area (Å²) >= 11 is 0. The Morgan fingerprint density at radius 2 is 2.05 bits per heavy atom. The molecule has 1 aromatic heterocycles. The van der Waals surface area contributed by atoms with Crippen molar-refractivity contribution in [1.82, 2.24) is 9.88 Å². The molecule has 0 bridgehead atoms. The van der Waals surface area contributed by atoms with Crippen molar-refractivity contribution in [2.75, 3.05) is 18.8 Å². The second kappa shape index (κ2) is 5.43. The lowest BCUT2D eigenvalue weighted by molar-refractivity contribution is 0.0520. The number of aryl methyl sites for hydroxylation is 1. The van der Waals surface area contributed by atoms with Crippen LogP contribution in [0.4, 0.5) is 5.69 Å². The van der Waals surface area contributed by atoms with E-state index in [0.29, 0.717) is 17.2 Å². The summed E-state index contributed by atoms with van der Waals surface area (Å²) in [5.74, 6) is 1.65. The SMILES string of the molecule is Cc1ncc(N)cc1C(=O)N1CCC2CCCCC2C1. The number of hydrogen-bond acceptors (Lipinski definition) is 3. The van der Waals surface area contributed by atoms with Crippen LogP contribution < -0.4 is 5.73 Å². The van der Waals surface area contributed by atoms with Crippen LogP contribution in [-0.4, -0.2) is 28.9 Å². The molecule has 1 saturated heterocycles. The summed E-state index contributed by atoms with van der Waals surface area (Å²) in [6, 6.07) is 1.76. The number of rotatable bonds is 1. The van der Waals surface area contributed by atoms with Crippen LogP contribution in [0.25, 0.3) is 0 Å². The zero-order chi connectivity index (χ0) is 14.1. The van der Waals surface area contributed by atoms with E-state index in [9.17, 15) is 4.79 Å². The number of hydrogen-bond donors (Lipinski definition) is 1. The highest BCUT2D eigenvalue weighted by Gasteiger charge is 2.33. The first kappa shape index (κ1) is 13.4. The molecule has 3 rings (SSSR count). The summed E-state index contributed by atoms with van der Waals surface area (Å²) in [5.41, 5.74) is 7.77. The molecule has 4 heteroatoms. The quantitative estimate of drug-likeness (QED) is 0.855. The molecule has 2 N–H and O–H groups in total. The molecule has 108 valence electrons. The Labute approximate surface area is 120 Å². The normalized spacial score (nSPS) is 26.1. The minimum atomic E-state index is 0.103. The second-order valence-corrected chi connectivity index (χ2v) is 6.25. The minimum Gasteiger partial charge on any atom is -0.397 e. The van der Waals surface area contributed by atoms with Crippen LogP contribution in [0.5, 0.6) is 0 Å². The molecular formula is C16H23N3O. The number of carbonyl (C=O) groups is 1. The number of piperidine rings is 1. The van der Waals surface area contributed by atoms with Crippen LogP contribution >= 0.6 is 0 Å².